The van der Waals surface area contributed by atoms with E-state index in [4.69, 9.17) is 10.5 Å². The largest absolute Gasteiger partial charge is 0.497 e. The van der Waals surface area contributed by atoms with Crippen molar-refractivity contribution in [1.82, 2.24) is 5.32 Å². The summed E-state index contributed by atoms with van der Waals surface area (Å²) in [5.41, 5.74) is 5.01. The average Bonchev–Trinajstić information content (AvgIpc) is 3.23. The summed E-state index contributed by atoms with van der Waals surface area (Å²) >= 11 is 0. The van der Waals surface area contributed by atoms with Crippen LogP contribution in [0.1, 0.15) is 30.1 Å². The Balaban J connectivity index is 2.25. The molecule has 1 aromatic rings. The van der Waals surface area contributed by atoms with Crippen molar-refractivity contribution < 1.29 is 19.4 Å². The van der Waals surface area contributed by atoms with Crippen molar-refractivity contribution in [2.24, 2.45) is 5.92 Å². The van der Waals surface area contributed by atoms with Gasteiger partial charge in [-0.1, -0.05) is 0 Å². The summed E-state index contributed by atoms with van der Waals surface area (Å²) in [6, 6.07) is 4.70. The first kappa shape index (κ1) is 14.2. The van der Waals surface area contributed by atoms with Crippen LogP contribution in [0.15, 0.2) is 18.2 Å². The van der Waals surface area contributed by atoms with Gasteiger partial charge >= 0.3 is 5.97 Å². The van der Waals surface area contributed by atoms with Crippen molar-refractivity contribution in [3.05, 3.63) is 23.8 Å². The van der Waals surface area contributed by atoms with E-state index in [2.05, 4.69) is 5.32 Å². The first-order valence-electron chi connectivity index (χ1n) is 6.38. The number of rotatable bonds is 5. The highest BCUT2D eigenvalue weighted by Crippen LogP contribution is 2.40. The number of methoxy groups -OCH3 is 1. The van der Waals surface area contributed by atoms with Crippen molar-refractivity contribution in [3.8, 4) is 5.75 Å². The van der Waals surface area contributed by atoms with Crippen molar-refractivity contribution in [3.63, 3.8) is 0 Å². The molecule has 108 valence electrons. The zero-order valence-electron chi connectivity index (χ0n) is 11.5. The van der Waals surface area contributed by atoms with E-state index in [9.17, 15) is 14.7 Å². The smallest absolute Gasteiger partial charge is 0.329 e. The van der Waals surface area contributed by atoms with Crippen molar-refractivity contribution >= 4 is 17.6 Å². The molecule has 1 atom stereocenters. The maximum atomic E-state index is 12.3. The number of amides is 1. The number of nitrogens with one attached hydrogen (secondary N) is 1. The Labute approximate surface area is 116 Å². The lowest BCUT2D eigenvalue weighted by Crippen LogP contribution is -2.54. The van der Waals surface area contributed by atoms with E-state index < -0.39 is 17.4 Å². The summed E-state index contributed by atoms with van der Waals surface area (Å²) in [7, 11) is 1.48. The van der Waals surface area contributed by atoms with Gasteiger partial charge in [-0.25, -0.2) is 4.79 Å². The highest BCUT2D eigenvalue weighted by Gasteiger charge is 2.48. The van der Waals surface area contributed by atoms with E-state index in [-0.39, 0.29) is 17.2 Å². The Morgan fingerprint density at radius 2 is 2.10 bits per heavy atom. The van der Waals surface area contributed by atoms with Crippen LogP contribution < -0.4 is 15.8 Å². The van der Waals surface area contributed by atoms with Gasteiger partial charge in [0.25, 0.3) is 5.91 Å². The predicted octanol–water partition coefficient (Wildman–Crippen LogP) is 1.26. The Morgan fingerprint density at radius 1 is 1.45 bits per heavy atom. The number of carbonyl (C=O) groups excluding carboxylic acids is 1. The van der Waals surface area contributed by atoms with Crippen LogP contribution in [0.2, 0.25) is 0 Å². The fourth-order valence-electron chi connectivity index (χ4n) is 2.15. The van der Waals surface area contributed by atoms with Gasteiger partial charge in [-0.2, -0.15) is 0 Å². The third-order valence-corrected chi connectivity index (χ3v) is 3.72. The highest BCUT2D eigenvalue weighted by atomic mass is 16.5. The van der Waals surface area contributed by atoms with Gasteiger partial charge in [-0.15, -0.1) is 0 Å². The molecule has 6 heteroatoms. The SMILES string of the molecule is COc1ccc(N)c(C(=O)NC(C)(C(=O)O)C2CC2)c1. The lowest BCUT2D eigenvalue weighted by atomic mass is 9.95. The Bertz CT molecular complexity index is 554. The number of benzene rings is 1. The fourth-order valence-corrected chi connectivity index (χ4v) is 2.15. The number of carboxylic acids is 1. The summed E-state index contributed by atoms with van der Waals surface area (Å²) in [4.78, 5) is 23.7. The first-order chi connectivity index (χ1) is 9.38. The van der Waals surface area contributed by atoms with Gasteiger partial charge in [-0.3, -0.25) is 4.79 Å². The van der Waals surface area contributed by atoms with Crippen LogP contribution >= 0.6 is 0 Å². The van der Waals surface area contributed by atoms with Gasteiger partial charge in [0.1, 0.15) is 11.3 Å². The van der Waals surface area contributed by atoms with E-state index in [1.165, 1.54) is 20.1 Å². The second kappa shape index (κ2) is 5.03. The quantitative estimate of drug-likeness (QED) is 0.704. The van der Waals surface area contributed by atoms with Crippen molar-refractivity contribution in [1.29, 1.82) is 0 Å². The minimum atomic E-state index is -1.26. The number of nitrogens with two attached hydrogens (primary N) is 1. The van der Waals surface area contributed by atoms with Crippen molar-refractivity contribution in [2.45, 2.75) is 25.3 Å². The fraction of sp³-hybridized carbons (Fsp3) is 0.429. The van der Waals surface area contributed by atoms with Crippen LogP contribution in [0.25, 0.3) is 0 Å². The van der Waals surface area contributed by atoms with Crippen LogP contribution in [0, 0.1) is 5.92 Å². The number of anilines is 1. The molecular formula is C14H18N2O4. The maximum Gasteiger partial charge on any atom is 0.329 e. The molecule has 0 radical (unpaired) electrons. The summed E-state index contributed by atoms with van der Waals surface area (Å²) in [5.74, 6) is -1.07. The molecule has 0 aliphatic heterocycles. The molecule has 20 heavy (non-hydrogen) atoms. The van der Waals surface area contributed by atoms with Crippen molar-refractivity contribution in [2.75, 3.05) is 12.8 Å². The maximum absolute atomic E-state index is 12.3. The second-order valence-electron chi connectivity index (χ2n) is 5.19. The molecule has 6 nitrogen and oxygen atoms in total. The molecule has 1 saturated carbocycles. The number of carboxylic acid groups (broad SMARTS) is 1. The zero-order chi connectivity index (χ0) is 14.9. The van der Waals surface area contributed by atoms with Gasteiger partial charge in [0, 0.05) is 5.69 Å². The molecule has 1 aliphatic carbocycles. The van der Waals surface area contributed by atoms with Crippen LogP contribution in [0.4, 0.5) is 5.69 Å². The molecule has 2 rings (SSSR count). The molecule has 1 unspecified atom stereocenters. The van der Waals surface area contributed by atoms with Crippen LogP contribution in [0.3, 0.4) is 0 Å². The topological polar surface area (TPSA) is 102 Å². The van der Waals surface area contributed by atoms with E-state index in [1.54, 1.807) is 12.1 Å². The average molecular weight is 278 g/mol. The molecule has 1 fully saturated rings. The molecule has 0 spiro atoms. The highest BCUT2D eigenvalue weighted by molar-refractivity contribution is 6.02. The molecule has 0 saturated heterocycles. The normalized spacial score (nSPS) is 17.1. The summed E-state index contributed by atoms with van der Waals surface area (Å²) in [6.45, 7) is 1.53. The molecule has 1 aromatic carbocycles. The lowest BCUT2D eigenvalue weighted by molar-refractivity contribution is -0.144. The van der Waals surface area contributed by atoms with Gasteiger partial charge in [0.2, 0.25) is 0 Å². The van der Waals surface area contributed by atoms with Gasteiger partial charge in [-0.05, 0) is 43.9 Å². The molecule has 4 N–H and O–H groups in total. The second-order valence-corrected chi connectivity index (χ2v) is 5.19. The number of hydrogen-bond acceptors (Lipinski definition) is 4. The zero-order valence-corrected chi connectivity index (χ0v) is 11.5. The Morgan fingerprint density at radius 3 is 2.60 bits per heavy atom. The van der Waals surface area contributed by atoms with Gasteiger partial charge in [0.15, 0.2) is 0 Å². The molecule has 1 aliphatic rings. The number of aliphatic carboxylic acids is 1. The monoisotopic (exact) mass is 278 g/mol. The van der Waals surface area contributed by atoms with E-state index in [0.717, 1.165) is 12.8 Å². The summed E-state index contributed by atoms with van der Waals surface area (Å²) < 4.78 is 5.05. The standard InChI is InChI=1S/C14H18N2O4/c1-14(13(18)19,8-3-4-8)16-12(17)10-7-9(20-2)5-6-11(10)15/h5-8H,3-4,15H2,1-2H3,(H,16,17)(H,18,19). The van der Waals surface area contributed by atoms with E-state index in [1.807, 2.05) is 0 Å². The molecule has 1 amide bonds. The van der Waals surface area contributed by atoms with Crippen LogP contribution in [0.5, 0.6) is 5.75 Å². The number of carbonyl (C=O) groups is 2. The summed E-state index contributed by atoms with van der Waals surface area (Å²) in [5, 5.41) is 11.9. The molecule has 0 heterocycles. The molecular weight excluding hydrogens is 260 g/mol. The Hall–Kier alpha value is -2.24. The Kier molecular flexibility index (Phi) is 3.57. The third-order valence-electron chi connectivity index (χ3n) is 3.72. The molecule has 0 aromatic heterocycles. The summed E-state index contributed by atoms with van der Waals surface area (Å²) in [6.07, 6.45) is 1.60. The third kappa shape index (κ3) is 2.54. The molecule has 0 bridgehead atoms. The number of hydrogen-bond donors (Lipinski definition) is 3. The van der Waals surface area contributed by atoms with E-state index in [0.29, 0.717) is 5.75 Å². The van der Waals surface area contributed by atoms with Gasteiger partial charge in [0.05, 0.1) is 12.7 Å². The minimum absolute atomic E-state index is 0.0317. The first-order valence-corrected chi connectivity index (χ1v) is 6.38. The number of ether oxygens (including phenoxy) is 1. The minimum Gasteiger partial charge on any atom is -0.497 e. The predicted molar refractivity (Wildman–Crippen MR) is 73.6 cm³/mol. The van der Waals surface area contributed by atoms with E-state index >= 15 is 0 Å². The van der Waals surface area contributed by atoms with Gasteiger partial charge < -0.3 is 20.9 Å². The van der Waals surface area contributed by atoms with Crippen LogP contribution in [-0.4, -0.2) is 29.6 Å². The lowest BCUT2D eigenvalue weighted by Gasteiger charge is -2.26. The number of nitrogen functional groups attached to an aromatic ring is 1. The van der Waals surface area contributed by atoms with Crippen LogP contribution in [-0.2, 0) is 4.79 Å².